The van der Waals surface area contributed by atoms with Crippen LogP contribution in [-0.2, 0) is 10.2 Å². The topological polar surface area (TPSA) is 76.1 Å². The van der Waals surface area contributed by atoms with Crippen molar-refractivity contribution in [2.45, 2.75) is 26.2 Å². The minimum Gasteiger partial charge on any atom is -0.383 e. The van der Waals surface area contributed by atoms with Gasteiger partial charge < -0.3 is 15.4 Å². The SMILES string of the molecule is COCCNC(=O)c1ccc(Nc2ccccc2C(C)(C)C)nn1. The van der Waals surface area contributed by atoms with E-state index in [1.807, 2.05) is 18.2 Å². The number of methoxy groups -OCH3 is 1. The molecule has 6 nitrogen and oxygen atoms in total. The predicted molar refractivity (Wildman–Crippen MR) is 94.7 cm³/mol. The molecule has 0 fully saturated rings. The van der Waals surface area contributed by atoms with E-state index in [1.54, 1.807) is 19.2 Å². The molecule has 1 heterocycles. The maximum atomic E-state index is 11.9. The van der Waals surface area contributed by atoms with Gasteiger partial charge in [0.05, 0.1) is 6.61 Å². The van der Waals surface area contributed by atoms with Crippen LogP contribution in [0.15, 0.2) is 36.4 Å². The molecule has 1 amide bonds. The molecule has 128 valence electrons. The minimum absolute atomic E-state index is 0.0121. The number of anilines is 2. The van der Waals surface area contributed by atoms with Gasteiger partial charge in [0.25, 0.3) is 5.91 Å². The summed E-state index contributed by atoms with van der Waals surface area (Å²) in [6, 6.07) is 11.5. The summed E-state index contributed by atoms with van der Waals surface area (Å²) in [6.07, 6.45) is 0. The smallest absolute Gasteiger partial charge is 0.271 e. The third-order valence-corrected chi connectivity index (χ3v) is 3.49. The molecule has 1 aromatic heterocycles. The van der Waals surface area contributed by atoms with Crippen LogP contribution in [0.3, 0.4) is 0 Å². The molecule has 0 radical (unpaired) electrons. The van der Waals surface area contributed by atoms with Crippen molar-refractivity contribution in [1.82, 2.24) is 15.5 Å². The molecule has 0 saturated carbocycles. The lowest BCUT2D eigenvalue weighted by Gasteiger charge is -2.23. The Balaban J connectivity index is 2.09. The second-order valence-corrected chi connectivity index (χ2v) is 6.47. The Hall–Kier alpha value is -2.47. The van der Waals surface area contributed by atoms with Crippen LogP contribution < -0.4 is 10.6 Å². The maximum absolute atomic E-state index is 11.9. The van der Waals surface area contributed by atoms with Gasteiger partial charge in [-0.15, -0.1) is 10.2 Å². The number of amides is 1. The zero-order valence-corrected chi connectivity index (χ0v) is 14.6. The van der Waals surface area contributed by atoms with E-state index in [4.69, 9.17) is 4.74 Å². The summed E-state index contributed by atoms with van der Waals surface area (Å²) >= 11 is 0. The van der Waals surface area contributed by atoms with E-state index < -0.39 is 0 Å². The van der Waals surface area contributed by atoms with Crippen LogP contribution in [0.25, 0.3) is 0 Å². The van der Waals surface area contributed by atoms with Gasteiger partial charge in [0, 0.05) is 19.3 Å². The third kappa shape index (κ3) is 4.76. The Morgan fingerprint density at radius 2 is 1.88 bits per heavy atom. The highest BCUT2D eigenvalue weighted by Gasteiger charge is 2.17. The van der Waals surface area contributed by atoms with Crippen molar-refractivity contribution >= 4 is 17.4 Å². The highest BCUT2D eigenvalue weighted by Crippen LogP contribution is 2.30. The van der Waals surface area contributed by atoms with Crippen molar-refractivity contribution in [1.29, 1.82) is 0 Å². The monoisotopic (exact) mass is 328 g/mol. The molecule has 0 saturated heterocycles. The molecule has 0 spiro atoms. The summed E-state index contributed by atoms with van der Waals surface area (Å²) in [4.78, 5) is 11.9. The minimum atomic E-state index is -0.263. The number of benzene rings is 1. The van der Waals surface area contributed by atoms with Crippen LogP contribution >= 0.6 is 0 Å². The van der Waals surface area contributed by atoms with Gasteiger partial charge in [0.2, 0.25) is 0 Å². The van der Waals surface area contributed by atoms with Crippen molar-refractivity contribution in [3.8, 4) is 0 Å². The summed E-state index contributed by atoms with van der Waals surface area (Å²) < 4.78 is 4.89. The fourth-order valence-corrected chi connectivity index (χ4v) is 2.26. The van der Waals surface area contributed by atoms with E-state index in [0.29, 0.717) is 19.0 Å². The first-order chi connectivity index (χ1) is 11.4. The van der Waals surface area contributed by atoms with E-state index in [0.717, 1.165) is 5.69 Å². The van der Waals surface area contributed by atoms with Crippen LogP contribution in [0.1, 0.15) is 36.8 Å². The zero-order chi connectivity index (χ0) is 17.6. The van der Waals surface area contributed by atoms with Crippen molar-refractivity contribution in [2.75, 3.05) is 25.6 Å². The Bertz CT molecular complexity index is 678. The van der Waals surface area contributed by atoms with Crippen LogP contribution in [0, 0.1) is 0 Å². The van der Waals surface area contributed by atoms with Gasteiger partial charge in [-0.25, -0.2) is 0 Å². The number of nitrogens with zero attached hydrogens (tertiary/aromatic N) is 2. The predicted octanol–water partition coefficient (Wildman–Crippen LogP) is 2.89. The highest BCUT2D eigenvalue weighted by molar-refractivity contribution is 5.92. The number of hydrogen-bond donors (Lipinski definition) is 2. The molecule has 0 atom stereocenters. The molecular formula is C18H24N4O2. The summed E-state index contributed by atoms with van der Waals surface area (Å²) in [5, 5.41) is 14.1. The van der Waals surface area contributed by atoms with Crippen LogP contribution in [0.2, 0.25) is 0 Å². The van der Waals surface area contributed by atoms with Crippen LogP contribution in [0.5, 0.6) is 0 Å². The van der Waals surface area contributed by atoms with Crippen molar-refractivity contribution in [2.24, 2.45) is 0 Å². The van der Waals surface area contributed by atoms with Gasteiger partial charge in [-0.05, 0) is 29.2 Å². The summed E-state index contributed by atoms with van der Waals surface area (Å²) in [7, 11) is 1.59. The normalized spacial score (nSPS) is 11.2. The molecule has 2 rings (SSSR count). The van der Waals surface area contributed by atoms with E-state index in [1.165, 1.54) is 5.56 Å². The standard InChI is InChI=1S/C18H24N4O2/c1-18(2,3)13-7-5-6-8-14(13)20-16-10-9-15(21-22-16)17(23)19-11-12-24-4/h5-10H,11-12H2,1-4H3,(H,19,23)(H,20,22). The third-order valence-electron chi connectivity index (χ3n) is 3.49. The lowest BCUT2D eigenvalue weighted by atomic mass is 9.86. The van der Waals surface area contributed by atoms with Crippen molar-refractivity contribution in [3.05, 3.63) is 47.7 Å². The second-order valence-electron chi connectivity index (χ2n) is 6.47. The van der Waals surface area contributed by atoms with E-state index >= 15 is 0 Å². The van der Waals surface area contributed by atoms with Crippen LogP contribution in [-0.4, -0.2) is 36.4 Å². The van der Waals surface area contributed by atoms with Crippen molar-refractivity contribution in [3.63, 3.8) is 0 Å². The quantitative estimate of drug-likeness (QED) is 0.798. The molecule has 24 heavy (non-hydrogen) atoms. The maximum Gasteiger partial charge on any atom is 0.271 e. The summed E-state index contributed by atoms with van der Waals surface area (Å²) in [6.45, 7) is 7.38. The molecule has 2 N–H and O–H groups in total. The molecule has 0 aliphatic heterocycles. The van der Waals surface area contributed by atoms with Gasteiger partial charge in [0.1, 0.15) is 0 Å². The Labute approximate surface area is 142 Å². The fraction of sp³-hybridized carbons (Fsp3) is 0.389. The summed E-state index contributed by atoms with van der Waals surface area (Å²) in [5.74, 6) is 0.335. The van der Waals surface area contributed by atoms with Gasteiger partial charge in [0.15, 0.2) is 11.5 Å². The average molecular weight is 328 g/mol. The zero-order valence-electron chi connectivity index (χ0n) is 14.6. The lowest BCUT2D eigenvalue weighted by Crippen LogP contribution is -2.27. The molecule has 6 heteroatoms. The molecule has 0 bridgehead atoms. The van der Waals surface area contributed by atoms with E-state index in [9.17, 15) is 4.79 Å². The largest absolute Gasteiger partial charge is 0.383 e. The number of ether oxygens (including phenoxy) is 1. The molecule has 1 aromatic carbocycles. The first-order valence-electron chi connectivity index (χ1n) is 7.89. The number of rotatable bonds is 6. The number of para-hydroxylation sites is 1. The van der Waals surface area contributed by atoms with E-state index in [-0.39, 0.29) is 17.0 Å². The summed E-state index contributed by atoms with van der Waals surface area (Å²) in [5.41, 5.74) is 2.46. The van der Waals surface area contributed by atoms with Gasteiger partial charge >= 0.3 is 0 Å². The van der Waals surface area contributed by atoms with Crippen molar-refractivity contribution < 1.29 is 9.53 Å². The molecule has 0 aliphatic carbocycles. The lowest BCUT2D eigenvalue weighted by molar-refractivity contribution is 0.0931. The second kappa shape index (κ2) is 7.88. The fourth-order valence-electron chi connectivity index (χ4n) is 2.26. The number of carbonyl (C=O) groups excluding carboxylic acids is 1. The molecule has 0 unspecified atom stereocenters. The van der Waals surface area contributed by atoms with Gasteiger partial charge in [-0.3, -0.25) is 4.79 Å². The first-order valence-corrected chi connectivity index (χ1v) is 7.89. The Kier molecular flexibility index (Phi) is 5.87. The van der Waals surface area contributed by atoms with Crippen LogP contribution in [0.4, 0.5) is 11.5 Å². The number of hydrogen-bond acceptors (Lipinski definition) is 5. The molecule has 0 aliphatic rings. The first kappa shape index (κ1) is 17.9. The highest BCUT2D eigenvalue weighted by atomic mass is 16.5. The number of nitrogens with one attached hydrogen (secondary N) is 2. The Morgan fingerprint density at radius 1 is 1.12 bits per heavy atom. The molecule has 2 aromatic rings. The Morgan fingerprint density at radius 3 is 2.50 bits per heavy atom. The van der Waals surface area contributed by atoms with Gasteiger partial charge in [-0.2, -0.15) is 0 Å². The van der Waals surface area contributed by atoms with E-state index in [2.05, 4.69) is 47.7 Å². The number of carbonyl (C=O) groups is 1. The number of aromatic nitrogens is 2. The molecular weight excluding hydrogens is 304 g/mol. The average Bonchev–Trinajstić information content (AvgIpc) is 2.55. The van der Waals surface area contributed by atoms with Gasteiger partial charge in [-0.1, -0.05) is 39.0 Å².